The average Bonchev–Trinajstić information content (AvgIpc) is 2.54. The fraction of sp³-hybridized carbons (Fsp3) is 0.389. The second-order valence-corrected chi connectivity index (χ2v) is 6.18. The Morgan fingerprint density at radius 2 is 2.00 bits per heavy atom. The minimum absolute atomic E-state index is 0.0782. The molecule has 0 radical (unpaired) electrons. The summed E-state index contributed by atoms with van der Waals surface area (Å²) in [5.74, 6) is 0. The highest BCUT2D eigenvalue weighted by molar-refractivity contribution is 6.30. The number of halogens is 1. The second kappa shape index (κ2) is 8.99. The standard InChI is InChI=1S/C18H23ClN2O2/c1-14(16-5-7-17(19)8-6-16)23-13-18(22)12-21(2)11-15-4-3-9-20-10-15/h3-10,14,18,22H,11-13H2,1-2H3. The van der Waals surface area contributed by atoms with E-state index < -0.39 is 6.10 Å². The van der Waals surface area contributed by atoms with Gasteiger partial charge < -0.3 is 9.84 Å². The summed E-state index contributed by atoms with van der Waals surface area (Å²) < 4.78 is 5.75. The van der Waals surface area contributed by atoms with Crippen molar-refractivity contribution in [3.63, 3.8) is 0 Å². The van der Waals surface area contributed by atoms with Crippen LogP contribution in [0.1, 0.15) is 24.2 Å². The zero-order valence-electron chi connectivity index (χ0n) is 13.5. The van der Waals surface area contributed by atoms with E-state index in [2.05, 4.69) is 9.88 Å². The first-order chi connectivity index (χ1) is 11.0. The number of ether oxygens (including phenoxy) is 1. The third-order valence-corrected chi connectivity index (χ3v) is 3.83. The molecule has 2 unspecified atom stereocenters. The van der Waals surface area contributed by atoms with Gasteiger partial charge in [0.25, 0.3) is 0 Å². The van der Waals surface area contributed by atoms with Crippen LogP contribution in [0.4, 0.5) is 0 Å². The molecular weight excluding hydrogens is 312 g/mol. The van der Waals surface area contributed by atoms with Crippen molar-refractivity contribution in [2.45, 2.75) is 25.7 Å². The van der Waals surface area contributed by atoms with Gasteiger partial charge in [-0.2, -0.15) is 0 Å². The van der Waals surface area contributed by atoms with E-state index in [1.165, 1.54) is 0 Å². The summed E-state index contributed by atoms with van der Waals surface area (Å²) >= 11 is 5.88. The molecule has 5 heteroatoms. The Morgan fingerprint density at radius 3 is 2.65 bits per heavy atom. The van der Waals surface area contributed by atoms with Gasteiger partial charge in [0, 0.05) is 30.5 Å². The van der Waals surface area contributed by atoms with Gasteiger partial charge in [0.2, 0.25) is 0 Å². The molecule has 0 fully saturated rings. The number of hydrogen-bond acceptors (Lipinski definition) is 4. The molecule has 1 N–H and O–H groups in total. The summed E-state index contributed by atoms with van der Waals surface area (Å²) in [6.45, 7) is 3.55. The van der Waals surface area contributed by atoms with Crippen molar-refractivity contribution in [2.75, 3.05) is 20.2 Å². The van der Waals surface area contributed by atoms with E-state index in [1.54, 1.807) is 6.20 Å². The summed E-state index contributed by atoms with van der Waals surface area (Å²) in [6.07, 6.45) is 2.98. The first kappa shape index (κ1) is 17.9. The molecule has 23 heavy (non-hydrogen) atoms. The highest BCUT2D eigenvalue weighted by atomic mass is 35.5. The third kappa shape index (κ3) is 6.28. The van der Waals surface area contributed by atoms with Gasteiger partial charge in [-0.05, 0) is 43.3 Å². The van der Waals surface area contributed by atoms with E-state index in [-0.39, 0.29) is 6.10 Å². The van der Waals surface area contributed by atoms with Crippen LogP contribution >= 0.6 is 11.6 Å². The molecule has 1 aromatic carbocycles. The topological polar surface area (TPSA) is 45.6 Å². The SMILES string of the molecule is CC(OCC(O)CN(C)Cc1cccnc1)c1ccc(Cl)cc1. The largest absolute Gasteiger partial charge is 0.389 e. The first-order valence-corrected chi connectivity index (χ1v) is 8.05. The number of nitrogens with zero attached hydrogens (tertiary/aromatic N) is 2. The van der Waals surface area contributed by atoms with Crippen molar-refractivity contribution in [3.05, 3.63) is 64.9 Å². The van der Waals surface area contributed by atoms with Crippen molar-refractivity contribution in [3.8, 4) is 0 Å². The number of aliphatic hydroxyl groups is 1. The normalized spacial score (nSPS) is 14.0. The fourth-order valence-corrected chi connectivity index (χ4v) is 2.49. The Kier molecular flexibility index (Phi) is 6.99. The van der Waals surface area contributed by atoms with E-state index >= 15 is 0 Å². The van der Waals surface area contributed by atoms with E-state index in [0.29, 0.717) is 18.2 Å². The molecule has 1 aromatic heterocycles. The molecule has 0 spiro atoms. The van der Waals surface area contributed by atoms with E-state index in [9.17, 15) is 5.11 Å². The van der Waals surface area contributed by atoms with Gasteiger partial charge in [0.1, 0.15) is 0 Å². The molecule has 0 saturated heterocycles. The van der Waals surface area contributed by atoms with Gasteiger partial charge in [0.15, 0.2) is 0 Å². The van der Waals surface area contributed by atoms with Crippen LogP contribution < -0.4 is 0 Å². The summed E-state index contributed by atoms with van der Waals surface area (Å²) in [5, 5.41) is 10.8. The third-order valence-electron chi connectivity index (χ3n) is 3.58. The van der Waals surface area contributed by atoms with Crippen LogP contribution in [0.3, 0.4) is 0 Å². The van der Waals surface area contributed by atoms with Crippen molar-refractivity contribution in [1.29, 1.82) is 0 Å². The lowest BCUT2D eigenvalue weighted by Crippen LogP contribution is -2.32. The lowest BCUT2D eigenvalue weighted by Gasteiger charge is -2.22. The molecule has 0 saturated carbocycles. The zero-order chi connectivity index (χ0) is 16.7. The number of benzene rings is 1. The number of rotatable bonds is 8. The molecule has 2 aromatic rings. The number of aromatic nitrogens is 1. The Bertz CT molecular complexity index is 577. The Morgan fingerprint density at radius 1 is 1.26 bits per heavy atom. The minimum atomic E-state index is -0.536. The Hall–Kier alpha value is -1.46. The van der Waals surface area contributed by atoms with Crippen LogP contribution in [-0.2, 0) is 11.3 Å². The quantitative estimate of drug-likeness (QED) is 0.804. The molecule has 0 aliphatic rings. The molecule has 4 nitrogen and oxygen atoms in total. The maximum absolute atomic E-state index is 10.1. The van der Waals surface area contributed by atoms with Gasteiger partial charge in [-0.3, -0.25) is 9.88 Å². The highest BCUT2D eigenvalue weighted by Gasteiger charge is 2.12. The molecule has 0 aliphatic heterocycles. The smallest absolute Gasteiger partial charge is 0.0900 e. The molecule has 2 atom stereocenters. The number of pyridine rings is 1. The van der Waals surface area contributed by atoms with E-state index in [4.69, 9.17) is 16.3 Å². The van der Waals surface area contributed by atoms with Gasteiger partial charge in [-0.1, -0.05) is 29.8 Å². The number of likely N-dealkylation sites (N-methyl/N-ethyl adjacent to an activating group) is 1. The van der Waals surface area contributed by atoms with Crippen molar-refractivity contribution < 1.29 is 9.84 Å². The molecule has 124 valence electrons. The van der Waals surface area contributed by atoms with Gasteiger partial charge in [0.05, 0.1) is 18.8 Å². The molecule has 2 rings (SSSR count). The van der Waals surface area contributed by atoms with Crippen molar-refractivity contribution in [2.24, 2.45) is 0 Å². The predicted octanol–water partition coefficient (Wildman–Crippen LogP) is 3.31. The zero-order valence-corrected chi connectivity index (χ0v) is 14.3. The maximum Gasteiger partial charge on any atom is 0.0900 e. The monoisotopic (exact) mass is 334 g/mol. The second-order valence-electron chi connectivity index (χ2n) is 5.74. The van der Waals surface area contributed by atoms with Crippen LogP contribution in [0.5, 0.6) is 0 Å². The van der Waals surface area contributed by atoms with Crippen LogP contribution in [0.2, 0.25) is 5.02 Å². The van der Waals surface area contributed by atoms with Crippen LogP contribution in [-0.4, -0.2) is 41.3 Å². The predicted molar refractivity (Wildman–Crippen MR) is 92.4 cm³/mol. The summed E-state index contributed by atoms with van der Waals surface area (Å²) in [4.78, 5) is 6.15. The molecule has 0 aliphatic carbocycles. The van der Waals surface area contributed by atoms with Crippen molar-refractivity contribution >= 4 is 11.6 Å². The first-order valence-electron chi connectivity index (χ1n) is 7.67. The average molecular weight is 335 g/mol. The van der Waals surface area contributed by atoms with Crippen LogP contribution in [0.25, 0.3) is 0 Å². The van der Waals surface area contributed by atoms with Crippen LogP contribution in [0, 0.1) is 0 Å². The van der Waals surface area contributed by atoms with E-state index in [0.717, 1.165) is 17.7 Å². The van der Waals surface area contributed by atoms with Crippen molar-refractivity contribution in [1.82, 2.24) is 9.88 Å². The lowest BCUT2D eigenvalue weighted by molar-refractivity contribution is -0.0138. The molecular formula is C18H23ClN2O2. The van der Waals surface area contributed by atoms with Gasteiger partial charge >= 0.3 is 0 Å². The molecule has 0 amide bonds. The van der Waals surface area contributed by atoms with E-state index in [1.807, 2.05) is 56.6 Å². The summed E-state index contributed by atoms with van der Waals surface area (Å²) in [7, 11) is 1.97. The number of aliphatic hydroxyl groups excluding tert-OH is 1. The summed E-state index contributed by atoms with van der Waals surface area (Å²) in [6, 6.07) is 11.5. The molecule has 0 bridgehead atoms. The maximum atomic E-state index is 10.1. The van der Waals surface area contributed by atoms with Crippen LogP contribution in [0.15, 0.2) is 48.8 Å². The fourth-order valence-electron chi connectivity index (χ4n) is 2.37. The Balaban J connectivity index is 1.73. The summed E-state index contributed by atoms with van der Waals surface area (Å²) in [5.41, 5.74) is 2.17. The number of hydrogen-bond donors (Lipinski definition) is 1. The molecule has 1 heterocycles. The van der Waals surface area contributed by atoms with Gasteiger partial charge in [-0.15, -0.1) is 0 Å². The Labute approximate surface area is 142 Å². The van der Waals surface area contributed by atoms with Gasteiger partial charge in [-0.25, -0.2) is 0 Å². The lowest BCUT2D eigenvalue weighted by atomic mass is 10.1. The highest BCUT2D eigenvalue weighted by Crippen LogP contribution is 2.19. The minimum Gasteiger partial charge on any atom is -0.389 e.